The van der Waals surface area contributed by atoms with Crippen molar-refractivity contribution >= 4 is 0 Å². The lowest BCUT2D eigenvalue weighted by molar-refractivity contribution is 0.117. The maximum Gasteiger partial charge on any atom is 0.123 e. The molecule has 1 N–H and O–H groups in total. The molecule has 1 heterocycles. The Labute approximate surface area is 120 Å². The molecule has 4 heteroatoms. The van der Waals surface area contributed by atoms with Gasteiger partial charge < -0.3 is 5.32 Å². The van der Waals surface area contributed by atoms with Gasteiger partial charge in [0.05, 0.1) is 11.6 Å². The van der Waals surface area contributed by atoms with E-state index in [-0.39, 0.29) is 5.82 Å². The van der Waals surface area contributed by atoms with E-state index in [4.69, 9.17) is 5.26 Å². The van der Waals surface area contributed by atoms with Gasteiger partial charge in [0.15, 0.2) is 0 Å². The highest BCUT2D eigenvalue weighted by molar-refractivity contribution is 5.37. The van der Waals surface area contributed by atoms with Crippen molar-refractivity contribution in [1.29, 1.82) is 5.26 Å². The fraction of sp³-hybridized carbons (Fsp3) is 0.562. The molecule has 20 heavy (non-hydrogen) atoms. The second-order valence-electron chi connectivity index (χ2n) is 5.42. The average molecular weight is 275 g/mol. The highest BCUT2D eigenvalue weighted by Crippen LogP contribution is 2.19. The van der Waals surface area contributed by atoms with Crippen LogP contribution in [0.2, 0.25) is 0 Å². The molecule has 0 aliphatic carbocycles. The van der Waals surface area contributed by atoms with Gasteiger partial charge in [-0.15, -0.1) is 0 Å². The first-order chi connectivity index (χ1) is 9.67. The van der Waals surface area contributed by atoms with Gasteiger partial charge in [-0.2, -0.15) is 5.26 Å². The van der Waals surface area contributed by atoms with Crippen molar-refractivity contribution in [3.63, 3.8) is 0 Å². The van der Waals surface area contributed by atoms with Crippen LogP contribution in [0.5, 0.6) is 0 Å². The Morgan fingerprint density at radius 3 is 2.85 bits per heavy atom. The molecule has 3 nitrogen and oxygen atoms in total. The van der Waals surface area contributed by atoms with Gasteiger partial charge in [-0.1, -0.05) is 13.8 Å². The topological polar surface area (TPSA) is 39.1 Å². The van der Waals surface area contributed by atoms with Gasteiger partial charge in [0, 0.05) is 31.7 Å². The Kier molecular flexibility index (Phi) is 5.11. The van der Waals surface area contributed by atoms with Gasteiger partial charge in [0.1, 0.15) is 5.82 Å². The monoisotopic (exact) mass is 275 g/mol. The summed E-state index contributed by atoms with van der Waals surface area (Å²) in [6, 6.07) is 7.52. The van der Waals surface area contributed by atoms with Gasteiger partial charge in [0.2, 0.25) is 0 Å². The molecule has 0 aromatic heterocycles. The lowest BCUT2D eigenvalue weighted by Crippen LogP contribution is -2.55. The molecule has 2 rings (SSSR count). The summed E-state index contributed by atoms with van der Waals surface area (Å²) in [5, 5.41) is 12.7. The van der Waals surface area contributed by atoms with Crippen LogP contribution < -0.4 is 5.32 Å². The number of benzene rings is 1. The molecule has 1 fully saturated rings. The molecule has 1 aliphatic rings. The molecule has 1 aromatic carbocycles. The zero-order valence-corrected chi connectivity index (χ0v) is 12.2. The average Bonchev–Trinajstić information content (AvgIpc) is 2.47. The number of nitrogens with one attached hydrogen (secondary N) is 1. The zero-order chi connectivity index (χ0) is 14.5. The summed E-state index contributed by atoms with van der Waals surface area (Å²) < 4.78 is 13.4. The van der Waals surface area contributed by atoms with Crippen LogP contribution >= 0.6 is 0 Å². The van der Waals surface area contributed by atoms with E-state index in [0.717, 1.165) is 31.5 Å². The van der Waals surface area contributed by atoms with E-state index in [9.17, 15) is 4.39 Å². The van der Waals surface area contributed by atoms with Crippen molar-refractivity contribution in [2.24, 2.45) is 0 Å². The first-order valence-electron chi connectivity index (χ1n) is 7.33. The fourth-order valence-corrected chi connectivity index (χ4v) is 2.82. The highest BCUT2D eigenvalue weighted by Gasteiger charge is 2.26. The number of rotatable bonds is 4. The summed E-state index contributed by atoms with van der Waals surface area (Å²) in [5.41, 5.74) is 1.37. The Morgan fingerprint density at radius 2 is 2.20 bits per heavy atom. The number of nitrogens with zero attached hydrogens (tertiary/aromatic N) is 2. The third-order valence-electron chi connectivity index (χ3n) is 4.14. The van der Waals surface area contributed by atoms with Gasteiger partial charge in [-0.25, -0.2) is 4.39 Å². The highest BCUT2D eigenvalue weighted by atomic mass is 19.1. The molecule has 0 amide bonds. The van der Waals surface area contributed by atoms with Gasteiger partial charge >= 0.3 is 0 Å². The first kappa shape index (κ1) is 15.0. The Balaban J connectivity index is 2.18. The Hall–Kier alpha value is -1.44. The number of halogens is 1. The van der Waals surface area contributed by atoms with Crippen LogP contribution in [0.15, 0.2) is 18.2 Å². The standard InChI is InChI=1S/C16H22FN3/c1-3-15-11-20(16(4-2)9-19-15)10-13-7-14(17)6-5-12(13)8-18/h5-7,15-16,19H,3-4,9-11H2,1-2H3. The molecule has 1 aromatic rings. The summed E-state index contributed by atoms with van der Waals surface area (Å²) in [6.45, 7) is 6.91. The zero-order valence-electron chi connectivity index (χ0n) is 12.2. The van der Waals surface area contributed by atoms with Crippen molar-refractivity contribution in [1.82, 2.24) is 10.2 Å². The van der Waals surface area contributed by atoms with E-state index < -0.39 is 0 Å². The van der Waals surface area contributed by atoms with E-state index in [1.54, 1.807) is 6.07 Å². The normalized spacial score (nSPS) is 23.5. The number of piperazine rings is 1. The van der Waals surface area contributed by atoms with E-state index in [1.165, 1.54) is 12.1 Å². The minimum Gasteiger partial charge on any atom is -0.311 e. The van der Waals surface area contributed by atoms with Crippen LogP contribution in [0.25, 0.3) is 0 Å². The first-order valence-corrected chi connectivity index (χ1v) is 7.33. The van der Waals surface area contributed by atoms with E-state index >= 15 is 0 Å². The molecule has 0 saturated carbocycles. The smallest absolute Gasteiger partial charge is 0.123 e. The SMILES string of the molecule is CCC1CN(Cc2cc(F)ccc2C#N)C(CC)CN1. The lowest BCUT2D eigenvalue weighted by Gasteiger charge is -2.40. The summed E-state index contributed by atoms with van der Waals surface area (Å²) in [7, 11) is 0. The molecule has 2 atom stereocenters. The second kappa shape index (κ2) is 6.83. The van der Waals surface area contributed by atoms with Gasteiger partial charge in [-0.3, -0.25) is 4.90 Å². The molecule has 0 radical (unpaired) electrons. The largest absolute Gasteiger partial charge is 0.311 e. The summed E-state index contributed by atoms with van der Waals surface area (Å²) in [5.74, 6) is -0.269. The summed E-state index contributed by atoms with van der Waals surface area (Å²) in [6.07, 6.45) is 2.14. The van der Waals surface area contributed by atoms with Crippen LogP contribution in [0.4, 0.5) is 4.39 Å². The van der Waals surface area contributed by atoms with Crippen LogP contribution in [0.1, 0.15) is 37.8 Å². The summed E-state index contributed by atoms with van der Waals surface area (Å²) in [4.78, 5) is 2.38. The molecular formula is C16H22FN3. The third kappa shape index (κ3) is 3.36. The van der Waals surface area contributed by atoms with Crippen molar-refractivity contribution in [3.8, 4) is 6.07 Å². The van der Waals surface area contributed by atoms with Gasteiger partial charge in [0.25, 0.3) is 0 Å². The predicted molar refractivity (Wildman–Crippen MR) is 77.7 cm³/mol. The molecule has 0 spiro atoms. The quantitative estimate of drug-likeness (QED) is 0.918. The second-order valence-corrected chi connectivity index (χ2v) is 5.42. The van der Waals surface area contributed by atoms with Crippen molar-refractivity contribution in [2.75, 3.05) is 13.1 Å². The molecular weight excluding hydrogens is 253 g/mol. The lowest BCUT2D eigenvalue weighted by atomic mass is 10.0. The van der Waals surface area contributed by atoms with Crippen LogP contribution in [0, 0.1) is 17.1 Å². The summed E-state index contributed by atoms with van der Waals surface area (Å²) >= 11 is 0. The molecule has 2 unspecified atom stereocenters. The van der Waals surface area contributed by atoms with Crippen LogP contribution in [0.3, 0.4) is 0 Å². The molecule has 1 saturated heterocycles. The van der Waals surface area contributed by atoms with Gasteiger partial charge in [-0.05, 0) is 36.6 Å². The van der Waals surface area contributed by atoms with Crippen molar-refractivity contribution < 1.29 is 4.39 Å². The Morgan fingerprint density at radius 1 is 1.40 bits per heavy atom. The van der Waals surface area contributed by atoms with E-state index in [2.05, 4.69) is 30.1 Å². The minimum atomic E-state index is -0.269. The molecule has 0 bridgehead atoms. The Bertz CT molecular complexity index is 495. The molecule has 1 aliphatic heterocycles. The third-order valence-corrected chi connectivity index (χ3v) is 4.14. The van der Waals surface area contributed by atoms with E-state index in [0.29, 0.717) is 24.2 Å². The maximum absolute atomic E-state index is 13.4. The van der Waals surface area contributed by atoms with Crippen molar-refractivity contribution in [2.45, 2.75) is 45.3 Å². The van der Waals surface area contributed by atoms with E-state index in [1.807, 2.05) is 0 Å². The fourth-order valence-electron chi connectivity index (χ4n) is 2.82. The van der Waals surface area contributed by atoms with Crippen LogP contribution in [-0.4, -0.2) is 30.1 Å². The number of hydrogen-bond acceptors (Lipinski definition) is 3. The van der Waals surface area contributed by atoms with Crippen molar-refractivity contribution in [3.05, 3.63) is 35.1 Å². The van der Waals surface area contributed by atoms with Crippen LogP contribution in [-0.2, 0) is 6.54 Å². The number of hydrogen-bond donors (Lipinski definition) is 1. The number of nitriles is 1. The molecule has 108 valence electrons. The predicted octanol–water partition coefficient (Wildman–Crippen LogP) is 2.66. The minimum absolute atomic E-state index is 0.269. The maximum atomic E-state index is 13.4.